The standard InChI is InChI=1S/C17H26N2O2/c1-14-5-3-7-16(11-14)18-17(20)13-19-9-4-6-15(12-19)8-10-21-2/h3,5,7,11,15H,4,6,8-10,12-13H2,1-2H3,(H,18,20)/t15-/m1/s1. The van der Waals surface area contributed by atoms with Gasteiger partial charge in [-0.1, -0.05) is 12.1 Å². The Labute approximate surface area is 127 Å². The number of hydrogen-bond donors (Lipinski definition) is 1. The Morgan fingerprint density at radius 1 is 1.48 bits per heavy atom. The summed E-state index contributed by atoms with van der Waals surface area (Å²) in [6, 6.07) is 7.92. The van der Waals surface area contributed by atoms with Crippen LogP contribution in [-0.2, 0) is 9.53 Å². The van der Waals surface area contributed by atoms with Crippen molar-refractivity contribution in [3.05, 3.63) is 29.8 Å². The number of carbonyl (C=O) groups excluding carboxylic acids is 1. The molecule has 1 aromatic rings. The van der Waals surface area contributed by atoms with Crippen molar-refractivity contribution in [3.8, 4) is 0 Å². The molecule has 1 saturated heterocycles. The number of likely N-dealkylation sites (tertiary alicyclic amines) is 1. The van der Waals surface area contributed by atoms with Crippen molar-refractivity contribution in [2.45, 2.75) is 26.2 Å². The molecule has 1 fully saturated rings. The number of aryl methyl sites for hydroxylation is 1. The molecule has 1 aromatic carbocycles. The van der Waals surface area contributed by atoms with E-state index >= 15 is 0 Å². The third-order valence-electron chi connectivity index (χ3n) is 4.00. The fourth-order valence-corrected chi connectivity index (χ4v) is 2.94. The van der Waals surface area contributed by atoms with Crippen LogP contribution in [0.3, 0.4) is 0 Å². The predicted octanol–water partition coefficient (Wildman–Crippen LogP) is 2.68. The fourth-order valence-electron chi connectivity index (χ4n) is 2.94. The molecule has 1 aliphatic rings. The van der Waals surface area contributed by atoms with Crippen LogP contribution in [0.25, 0.3) is 0 Å². The third-order valence-corrected chi connectivity index (χ3v) is 4.00. The molecule has 0 bridgehead atoms. The van der Waals surface area contributed by atoms with Gasteiger partial charge >= 0.3 is 0 Å². The minimum atomic E-state index is 0.0768. The van der Waals surface area contributed by atoms with Gasteiger partial charge in [-0.05, 0) is 56.3 Å². The van der Waals surface area contributed by atoms with E-state index in [1.807, 2.05) is 31.2 Å². The largest absolute Gasteiger partial charge is 0.385 e. The summed E-state index contributed by atoms with van der Waals surface area (Å²) >= 11 is 0. The minimum Gasteiger partial charge on any atom is -0.385 e. The summed E-state index contributed by atoms with van der Waals surface area (Å²) in [7, 11) is 1.75. The fraction of sp³-hybridized carbons (Fsp3) is 0.588. The van der Waals surface area contributed by atoms with Crippen LogP contribution in [0.4, 0.5) is 5.69 Å². The first-order valence-corrected chi connectivity index (χ1v) is 7.75. The van der Waals surface area contributed by atoms with E-state index in [2.05, 4.69) is 10.2 Å². The summed E-state index contributed by atoms with van der Waals surface area (Å²) in [5, 5.41) is 2.98. The lowest BCUT2D eigenvalue weighted by molar-refractivity contribution is -0.117. The van der Waals surface area contributed by atoms with Gasteiger partial charge < -0.3 is 10.1 Å². The quantitative estimate of drug-likeness (QED) is 0.876. The van der Waals surface area contributed by atoms with Crippen molar-refractivity contribution < 1.29 is 9.53 Å². The Morgan fingerprint density at radius 3 is 3.10 bits per heavy atom. The Kier molecular flexibility index (Phi) is 6.21. The number of carbonyl (C=O) groups is 1. The molecule has 1 N–H and O–H groups in total. The van der Waals surface area contributed by atoms with Crippen molar-refractivity contribution >= 4 is 11.6 Å². The van der Waals surface area contributed by atoms with E-state index in [0.29, 0.717) is 12.5 Å². The lowest BCUT2D eigenvalue weighted by atomic mass is 9.95. The van der Waals surface area contributed by atoms with E-state index in [1.54, 1.807) is 7.11 Å². The highest BCUT2D eigenvalue weighted by atomic mass is 16.5. The van der Waals surface area contributed by atoms with Gasteiger partial charge in [-0.25, -0.2) is 0 Å². The molecule has 1 atom stereocenters. The molecule has 1 heterocycles. The van der Waals surface area contributed by atoms with Gasteiger partial charge in [0.25, 0.3) is 0 Å². The van der Waals surface area contributed by atoms with Crippen molar-refractivity contribution in [3.63, 3.8) is 0 Å². The van der Waals surface area contributed by atoms with Crippen LogP contribution in [0.5, 0.6) is 0 Å². The number of rotatable bonds is 6. The van der Waals surface area contributed by atoms with Crippen LogP contribution >= 0.6 is 0 Å². The Balaban J connectivity index is 1.79. The maximum Gasteiger partial charge on any atom is 0.238 e. The SMILES string of the molecule is COCC[C@H]1CCCN(CC(=O)Nc2cccc(C)c2)C1. The highest BCUT2D eigenvalue weighted by Gasteiger charge is 2.21. The summed E-state index contributed by atoms with van der Waals surface area (Å²) in [5.74, 6) is 0.735. The second-order valence-corrected chi connectivity index (χ2v) is 5.94. The van der Waals surface area contributed by atoms with E-state index in [-0.39, 0.29) is 5.91 Å². The zero-order chi connectivity index (χ0) is 15.1. The molecule has 4 heteroatoms. The minimum absolute atomic E-state index is 0.0768. The van der Waals surface area contributed by atoms with E-state index < -0.39 is 0 Å². The second-order valence-electron chi connectivity index (χ2n) is 5.94. The van der Waals surface area contributed by atoms with Crippen LogP contribution in [0.2, 0.25) is 0 Å². The van der Waals surface area contributed by atoms with Gasteiger partial charge in [0.1, 0.15) is 0 Å². The monoisotopic (exact) mass is 290 g/mol. The van der Waals surface area contributed by atoms with Gasteiger partial charge in [-0.2, -0.15) is 0 Å². The summed E-state index contributed by atoms with van der Waals surface area (Å²) in [4.78, 5) is 14.4. The van der Waals surface area contributed by atoms with Crippen molar-refractivity contribution in [1.82, 2.24) is 4.90 Å². The molecule has 0 aliphatic carbocycles. The van der Waals surface area contributed by atoms with E-state index in [4.69, 9.17) is 4.74 Å². The molecule has 0 unspecified atom stereocenters. The predicted molar refractivity (Wildman–Crippen MR) is 85.5 cm³/mol. The maximum absolute atomic E-state index is 12.1. The summed E-state index contributed by atoms with van der Waals surface area (Å²) in [5.41, 5.74) is 2.04. The number of anilines is 1. The third kappa shape index (κ3) is 5.48. The Hall–Kier alpha value is -1.39. The highest BCUT2D eigenvalue weighted by molar-refractivity contribution is 5.92. The van der Waals surface area contributed by atoms with E-state index in [9.17, 15) is 4.79 Å². The van der Waals surface area contributed by atoms with E-state index in [0.717, 1.165) is 37.4 Å². The number of nitrogens with zero attached hydrogens (tertiary/aromatic N) is 1. The van der Waals surface area contributed by atoms with Crippen molar-refractivity contribution in [1.29, 1.82) is 0 Å². The molecule has 0 saturated carbocycles. The number of hydrogen-bond acceptors (Lipinski definition) is 3. The van der Waals surface area contributed by atoms with Gasteiger partial charge in [-0.15, -0.1) is 0 Å². The van der Waals surface area contributed by atoms with Crippen molar-refractivity contribution in [2.24, 2.45) is 5.92 Å². The first-order valence-electron chi connectivity index (χ1n) is 7.75. The number of amides is 1. The first kappa shape index (κ1) is 16.0. The number of methoxy groups -OCH3 is 1. The molecule has 21 heavy (non-hydrogen) atoms. The molecule has 2 rings (SSSR count). The van der Waals surface area contributed by atoms with E-state index in [1.165, 1.54) is 12.8 Å². The van der Waals surface area contributed by atoms with Crippen LogP contribution < -0.4 is 5.32 Å². The number of nitrogens with one attached hydrogen (secondary N) is 1. The Morgan fingerprint density at radius 2 is 2.33 bits per heavy atom. The van der Waals surface area contributed by atoms with Crippen LogP contribution in [-0.4, -0.2) is 44.2 Å². The molecular weight excluding hydrogens is 264 g/mol. The molecular formula is C17H26N2O2. The average Bonchev–Trinajstić information content (AvgIpc) is 2.45. The average molecular weight is 290 g/mol. The molecule has 4 nitrogen and oxygen atoms in total. The summed E-state index contributed by atoms with van der Waals surface area (Å²) in [6.07, 6.45) is 3.51. The van der Waals surface area contributed by atoms with Crippen molar-refractivity contribution in [2.75, 3.05) is 38.7 Å². The van der Waals surface area contributed by atoms with Gasteiger partial charge in [0.15, 0.2) is 0 Å². The van der Waals surface area contributed by atoms with Gasteiger partial charge in [0.05, 0.1) is 6.54 Å². The number of ether oxygens (including phenoxy) is 1. The zero-order valence-corrected chi connectivity index (χ0v) is 13.1. The molecule has 116 valence electrons. The van der Waals surface area contributed by atoms with Crippen LogP contribution in [0.1, 0.15) is 24.8 Å². The molecule has 0 radical (unpaired) electrons. The normalized spacial score (nSPS) is 19.4. The smallest absolute Gasteiger partial charge is 0.238 e. The van der Waals surface area contributed by atoms with Crippen LogP contribution in [0.15, 0.2) is 24.3 Å². The molecule has 1 amide bonds. The summed E-state index contributed by atoms with van der Waals surface area (Å²) < 4.78 is 5.15. The Bertz CT molecular complexity index is 462. The molecule has 1 aliphatic heterocycles. The molecule has 0 aromatic heterocycles. The zero-order valence-electron chi connectivity index (χ0n) is 13.1. The maximum atomic E-state index is 12.1. The lowest BCUT2D eigenvalue weighted by Gasteiger charge is -2.32. The number of benzene rings is 1. The van der Waals surface area contributed by atoms with Gasteiger partial charge in [-0.3, -0.25) is 9.69 Å². The first-order chi connectivity index (χ1) is 10.2. The van der Waals surface area contributed by atoms with Gasteiger partial charge in [0, 0.05) is 25.9 Å². The topological polar surface area (TPSA) is 41.6 Å². The highest BCUT2D eigenvalue weighted by Crippen LogP contribution is 2.19. The number of piperidine rings is 1. The van der Waals surface area contributed by atoms with Crippen LogP contribution in [0, 0.1) is 12.8 Å². The van der Waals surface area contributed by atoms with Gasteiger partial charge in [0.2, 0.25) is 5.91 Å². The molecule has 0 spiro atoms. The second kappa shape index (κ2) is 8.15. The summed E-state index contributed by atoms with van der Waals surface area (Å²) in [6.45, 7) is 5.35. The lowest BCUT2D eigenvalue weighted by Crippen LogP contribution is -2.40.